The maximum atomic E-state index is 13.2. The molecule has 0 unspecified atom stereocenters. The van der Waals surface area contributed by atoms with Gasteiger partial charge in [-0.1, -0.05) is 36.4 Å². The minimum Gasteiger partial charge on any atom is -0.392 e. The summed E-state index contributed by atoms with van der Waals surface area (Å²) in [5.41, 5.74) is 6.58. The molecule has 0 aliphatic rings. The first kappa shape index (κ1) is 26.8. The van der Waals surface area contributed by atoms with Crippen molar-refractivity contribution in [2.45, 2.75) is 40.1 Å². The number of rotatable bonds is 8. The number of aromatic nitrogens is 6. The molecule has 0 atom stereocenters. The molecule has 2 amide bonds. The minimum atomic E-state index is -0.350. The van der Waals surface area contributed by atoms with Gasteiger partial charge in [-0.15, -0.1) is 0 Å². The highest BCUT2D eigenvalue weighted by Gasteiger charge is 2.15. The van der Waals surface area contributed by atoms with Crippen molar-refractivity contribution in [2.24, 2.45) is 24.1 Å². The Morgan fingerprint density at radius 3 is 2.30 bits per heavy atom. The Balaban J connectivity index is 1.54. The van der Waals surface area contributed by atoms with Gasteiger partial charge in [-0.25, -0.2) is 0 Å². The van der Waals surface area contributed by atoms with E-state index in [0.29, 0.717) is 43.0 Å². The van der Waals surface area contributed by atoms with Crippen LogP contribution in [0.1, 0.15) is 28.7 Å². The topological polar surface area (TPSA) is 117 Å². The predicted octanol–water partition coefficient (Wildman–Crippen LogP) is 2.34. The molecule has 5 rings (SSSR count). The fourth-order valence-corrected chi connectivity index (χ4v) is 5.24. The SMILES string of the molecule is CCn1nc(C)cc1C(=O)N=c1n(C)c2ccccc2n1C/C=C/Cn1c(=NC=O)n(C)c2c(CO)cccc21. The first-order valence-corrected chi connectivity index (χ1v) is 13.1. The Morgan fingerprint density at radius 2 is 1.62 bits per heavy atom. The van der Waals surface area contributed by atoms with Gasteiger partial charge in [-0.2, -0.15) is 15.1 Å². The number of amides is 2. The van der Waals surface area contributed by atoms with Crippen LogP contribution in [0.15, 0.2) is 70.7 Å². The lowest BCUT2D eigenvalue weighted by Gasteiger charge is -2.04. The van der Waals surface area contributed by atoms with Gasteiger partial charge in [0.25, 0.3) is 5.91 Å². The number of imidazole rings is 2. The van der Waals surface area contributed by atoms with Crippen molar-refractivity contribution in [1.82, 2.24) is 28.0 Å². The van der Waals surface area contributed by atoms with Gasteiger partial charge in [-0.3, -0.25) is 14.3 Å². The summed E-state index contributed by atoms with van der Waals surface area (Å²) in [4.78, 5) is 33.1. The standard InChI is InChI=1S/C29H32N8O3/c1-5-37-25(17-20(2)32-37)27(40)31-29-33(3)22-12-6-7-13-23(22)35(29)15-8-9-16-36-24-14-10-11-21(18-38)26(24)34(4)28(36)30-19-39/h6-14,17,19,38H,5,15-16,18H2,1-4H3/b9-8+,30-28?,31-29?. The zero-order valence-corrected chi connectivity index (χ0v) is 23.0. The lowest BCUT2D eigenvalue weighted by molar-refractivity contribution is -0.107. The van der Waals surface area contributed by atoms with Crippen molar-refractivity contribution in [2.75, 3.05) is 0 Å². The summed E-state index contributed by atoms with van der Waals surface area (Å²) in [6.07, 6.45) is 4.52. The Bertz CT molecular complexity index is 1910. The van der Waals surface area contributed by atoms with Crippen LogP contribution in [0.2, 0.25) is 0 Å². The van der Waals surface area contributed by atoms with Crippen LogP contribution in [0.25, 0.3) is 22.1 Å². The molecule has 11 heteroatoms. The molecule has 2 aromatic carbocycles. The average molecular weight is 541 g/mol. The van der Waals surface area contributed by atoms with Crippen molar-refractivity contribution in [3.8, 4) is 0 Å². The highest BCUT2D eigenvalue weighted by molar-refractivity contribution is 5.93. The number of carbonyl (C=O) groups excluding carboxylic acids is 2. The van der Waals surface area contributed by atoms with E-state index in [0.717, 1.165) is 33.3 Å². The number of aliphatic hydroxyl groups excluding tert-OH is 1. The molecular formula is C29H32N8O3. The van der Waals surface area contributed by atoms with E-state index < -0.39 is 0 Å². The maximum absolute atomic E-state index is 13.2. The van der Waals surface area contributed by atoms with Crippen molar-refractivity contribution >= 4 is 34.4 Å². The highest BCUT2D eigenvalue weighted by atomic mass is 16.3. The minimum absolute atomic E-state index is 0.118. The van der Waals surface area contributed by atoms with E-state index in [1.165, 1.54) is 0 Å². The number of aryl methyl sites for hydroxylation is 4. The summed E-state index contributed by atoms with van der Waals surface area (Å²) >= 11 is 0. The van der Waals surface area contributed by atoms with Gasteiger partial charge in [0.15, 0.2) is 0 Å². The quantitative estimate of drug-likeness (QED) is 0.240. The third-order valence-corrected chi connectivity index (χ3v) is 7.04. The lowest BCUT2D eigenvalue weighted by atomic mass is 10.2. The predicted molar refractivity (Wildman–Crippen MR) is 151 cm³/mol. The molecule has 0 spiro atoms. The third-order valence-electron chi connectivity index (χ3n) is 7.04. The molecule has 3 heterocycles. The summed E-state index contributed by atoms with van der Waals surface area (Å²) in [5, 5.41) is 14.2. The van der Waals surface area contributed by atoms with Crippen molar-refractivity contribution < 1.29 is 14.7 Å². The van der Waals surface area contributed by atoms with Crippen LogP contribution in [-0.2, 0) is 45.1 Å². The van der Waals surface area contributed by atoms with E-state index in [-0.39, 0.29) is 12.5 Å². The average Bonchev–Trinajstić information content (AvgIpc) is 3.57. The number of hydrogen-bond acceptors (Lipinski definition) is 4. The maximum Gasteiger partial charge on any atom is 0.298 e. The van der Waals surface area contributed by atoms with E-state index in [9.17, 15) is 14.7 Å². The second kappa shape index (κ2) is 11.1. The second-order valence-electron chi connectivity index (χ2n) is 9.48. The fourth-order valence-electron chi connectivity index (χ4n) is 5.24. The summed E-state index contributed by atoms with van der Waals surface area (Å²) in [5.74, 6) is -0.350. The van der Waals surface area contributed by atoms with Crippen molar-refractivity contribution in [3.05, 3.63) is 88.9 Å². The molecule has 0 bridgehead atoms. The van der Waals surface area contributed by atoms with Gasteiger partial charge in [0.1, 0.15) is 5.69 Å². The van der Waals surface area contributed by atoms with Crippen molar-refractivity contribution in [1.29, 1.82) is 0 Å². The molecule has 206 valence electrons. The van der Waals surface area contributed by atoms with E-state index >= 15 is 0 Å². The summed E-state index contributed by atoms with van der Waals surface area (Å²) < 4.78 is 9.32. The molecule has 0 saturated carbocycles. The van der Waals surface area contributed by atoms with Gasteiger partial charge in [0, 0.05) is 39.3 Å². The third kappa shape index (κ3) is 4.64. The number of allylic oxidation sites excluding steroid dienone is 2. The molecule has 0 saturated heterocycles. The summed E-state index contributed by atoms with van der Waals surface area (Å²) in [6, 6.07) is 15.3. The molecule has 0 fully saturated rings. The largest absolute Gasteiger partial charge is 0.392 e. The molecule has 0 radical (unpaired) electrons. The van der Waals surface area contributed by atoms with Crippen LogP contribution < -0.4 is 11.2 Å². The lowest BCUT2D eigenvalue weighted by Crippen LogP contribution is -2.26. The first-order valence-electron chi connectivity index (χ1n) is 13.1. The molecule has 0 aliphatic carbocycles. The number of aliphatic hydroxyl groups is 1. The number of hydrogen-bond donors (Lipinski definition) is 1. The summed E-state index contributed by atoms with van der Waals surface area (Å²) in [7, 11) is 3.72. The monoisotopic (exact) mass is 540 g/mol. The number of benzene rings is 2. The Hall–Kier alpha value is -4.77. The highest BCUT2D eigenvalue weighted by Crippen LogP contribution is 2.18. The molecule has 3 aromatic heterocycles. The number of para-hydroxylation sites is 3. The van der Waals surface area contributed by atoms with Crippen LogP contribution in [0.3, 0.4) is 0 Å². The van der Waals surface area contributed by atoms with E-state index in [4.69, 9.17) is 0 Å². The molecular weight excluding hydrogens is 508 g/mol. The normalized spacial score (nSPS) is 12.9. The fraction of sp³-hybridized carbons (Fsp3) is 0.276. The zero-order chi connectivity index (χ0) is 28.4. The second-order valence-corrected chi connectivity index (χ2v) is 9.48. The van der Waals surface area contributed by atoms with E-state index in [1.807, 2.05) is 101 Å². The molecule has 1 N–H and O–H groups in total. The number of fused-ring (bicyclic) bond motifs is 2. The number of carbonyl (C=O) groups is 2. The Morgan fingerprint density at radius 1 is 0.950 bits per heavy atom. The smallest absolute Gasteiger partial charge is 0.298 e. The summed E-state index contributed by atoms with van der Waals surface area (Å²) in [6.45, 7) is 5.17. The van der Waals surface area contributed by atoms with Gasteiger partial charge < -0.3 is 23.4 Å². The van der Waals surface area contributed by atoms with Crippen LogP contribution in [0.5, 0.6) is 0 Å². The molecule has 11 nitrogen and oxygen atoms in total. The number of nitrogens with zero attached hydrogens (tertiary/aromatic N) is 8. The van der Waals surface area contributed by atoms with Gasteiger partial charge >= 0.3 is 0 Å². The van der Waals surface area contributed by atoms with Crippen molar-refractivity contribution in [3.63, 3.8) is 0 Å². The van der Waals surface area contributed by atoms with Crippen LogP contribution in [0.4, 0.5) is 0 Å². The van der Waals surface area contributed by atoms with E-state index in [2.05, 4.69) is 15.1 Å². The Kier molecular flexibility index (Phi) is 7.47. The molecule has 5 aromatic rings. The Labute approximate surface area is 230 Å². The van der Waals surface area contributed by atoms with Crippen LogP contribution in [-0.4, -0.2) is 45.5 Å². The van der Waals surface area contributed by atoms with Crippen LogP contribution in [0, 0.1) is 6.92 Å². The van der Waals surface area contributed by atoms with Crippen LogP contribution >= 0.6 is 0 Å². The molecule has 40 heavy (non-hydrogen) atoms. The van der Waals surface area contributed by atoms with E-state index in [1.54, 1.807) is 10.7 Å². The van der Waals surface area contributed by atoms with Gasteiger partial charge in [-0.05, 0) is 38.1 Å². The first-order chi connectivity index (χ1) is 19.4. The van der Waals surface area contributed by atoms with Gasteiger partial charge in [0.05, 0.1) is 34.4 Å². The zero-order valence-electron chi connectivity index (χ0n) is 23.0. The molecule has 0 aliphatic heterocycles. The van der Waals surface area contributed by atoms with Gasteiger partial charge in [0.2, 0.25) is 17.6 Å².